The molecule has 0 aliphatic rings. The molecule has 0 bridgehead atoms. The van der Waals surface area contributed by atoms with Gasteiger partial charge in [0, 0.05) is 7.05 Å². The molecule has 0 aromatic heterocycles. The number of carbonyl (C=O) groups is 2. The highest BCUT2D eigenvalue weighted by molar-refractivity contribution is 5.82. The van der Waals surface area contributed by atoms with Gasteiger partial charge < -0.3 is 14.4 Å². The van der Waals surface area contributed by atoms with Gasteiger partial charge in [0.1, 0.15) is 12.3 Å². The van der Waals surface area contributed by atoms with Gasteiger partial charge >= 0.3 is 5.97 Å². The predicted molar refractivity (Wildman–Crippen MR) is 89.6 cm³/mol. The highest BCUT2D eigenvalue weighted by atomic mass is 16.5. The number of nitrogens with zero attached hydrogens (tertiary/aromatic N) is 1. The lowest BCUT2D eigenvalue weighted by atomic mass is 9.85. The van der Waals surface area contributed by atoms with Gasteiger partial charge in [-0.05, 0) is 30.9 Å². The molecule has 0 unspecified atom stereocenters. The topological polar surface area (TPSA) is 55.8 Å². The fraction of sp³-hybridized carbons (Fsp3) is 0.556. The van der Waals surface area contributed by atoms with E-state index in [4.69, 9.17) is 9.47 Å². The zero-order chi connectivity index (χ0) is 17.6. The van der Waals surface area contributed by atoms with Crippen LogP contribution in [0.1, 0.15) is 38.8 Å². The Hall–Kier alpha value is -2.04. The molecule has 23 heavy (non-hydrogen) atoms. The molecule has 1 aromatic carbocycles. The Morgan fingerprint density at radius 1 is 1.22 bits per heavy atom. The standard InChI is InChI=1S/C18H27NO4/c1-7-22-17(21)11-19(6)16(20)12-23-15-9-8-13(2)10-14(15)18(3,4)5/h8-10H,7,11-12H2,1-6H3. The minimum Gasteiger partial charge on any atom is -0.483 e. The number of rotatable bonds is 6. The van der Waals surface area contributed by atoms with Crippen molar-refractivity contribution in [2.24, 2.45) is 0 Å². The lowest BCUT2D eigenvalue weighted by molar-refractivity contribution is -0.148. The van der Waals surface area contributed by atoms with Crippen molar-refractivity contribution in [3.8, 4) is 5.75 Å². The van der Waals surface area contributed by atoms with Crippen molar-refractivity contribution in [3.63, 3.8) is 0 Å². The Bertz CT molecular complexity index is 561. The number of hydrogen-bond acceptors (Lipinski definition) is 4. The normalized spacial score (nSPS) is 11.0. The van der Waals surface area contributed by atoms with Crippen LogP contribution in [0.25, 0.3) is 0 Å². The van der Waals surface area contributed by atoms with Gasteiger partial charge in [-0.15, -0.1) is 0 Å². The number of ether oxygens (including phenoxy) is 2. The largest absolute Gasteiger partial charge is 0.483 e. The van der Waals surface area contributed by atoms with E-state index in [0.717, 1.165) is 11.1 Å². The number of hydrogen-bond donors (Lipinski definition) is 0. The summed E-state index contributed by atoms with van der Waals surface area (Å²) < 4.78 is 10.5. The lowest BCUT2D eigenvalue weighted by Crippen LogP contribution is -2.36. The molecule has 5 heteroatoms. The summed E-state index contributed by atoms with van der Waals surface area (Å²) in [5, 5.41) is 0. The molecule has 0 spiro atoms. The molecule has 0 saturated carbocycles. The minimum atomic E-state index is -0.422. The van der Waals surface area contributed by atoms with Crippen LogP contribution in [0.5, 0.6) is 5.75 Å². The first-order valence-corrected chi connectivity index (χ1v) is 7.78. The van der Waals surface area contributed by atoms with E-state index in [0.29, 0.717) is 12.4 Å². The summed E-state index contributed by atoms with van der Waals surface area (Å²) in [5.41, 5.74) is 2.12. The van der Waals surface area contributed by atoms with E-state index in [1.54, 1.807) is 14.0 Å². The number of carbonyl (C=O) groups excluding carboxylic acids is 2. The van der Waals surface area contributed by atoms with Gasteiger partial charge in [-0.3, -0.25) is 9.59 Å². The van der Waals surface area contributed by atoms with Crippen LogP contribution in [-0.2, 0) is 19.7 Å². The van der Waals surface area contributed by atoms with Crippen LogP contribution in [0, 0.1) is 6.92 Å². The SMILES string of the molecule is CCOC(=O)CN(C)C(=O)COc1ccc(C)cc1C(C)(C)C. The molecule has 0 heterocycles. The molecular weight excluding hydrogens is 294 g/mol. The highest BCUT2D eigenvalue weighted by Crippen LogP contribution is 2.32. The molecule has 0 atom stereocenters. The Morgan fingerprint density at radius 3 is 2.43 bits per heavy atom. The van der Waals surface area contributed by atoms with E-state index in [1.807, 2.05) is 19.1 Å². The van der Waals surface area contributed by atoms with Gasteiger partial charge in [0.15, 0.2) is 6.61 Å². The fourth-order valence-corrected chi connectivity index (χ4v) is 2.09. The summed E-state index contributed by atoms with van der Waals surface area (Å²) in [5.74, 6) is 0.00791. The maximum atomic E-state index is 12.1. The van der Waals surface area contributed by atoms with E-state index in [2.05, 4.69) is 26.8 Å². The minimum absolute atomic E-state index is 0.0734. The van der Waals surface area contributed by atoms with E-state index < -0.39 is 5.97 Å². The average molecular weight is 321 g/mol. The van der Waals surface area contributed by atoms with Crippen LogP contribution in [0.15, 0.2) is 18.2 Å². The smallest absolute Gasteiger partial charge is 0.325 e. The summed E-state index contributed by atoms with van der Waals surface area (Å²) in [7, 11) is 1.56. The van der Waals surface area contributed by atoms with Crippen molar-refractivity contribution in [1.82, 2.24) is 4.90 Å². The Kier molecular flexibility index (Phi) is 6.61. The van der Waals surface area contributed by atoms with Crippen LogP contribution in [0.3, 0.4) is 0 Å². The summed E-state index contributed by atoms with van der Waals surface area (Å²) in [4.78, 5) is 24.8. The second kappa shape index (κ2) is 7.99. The quantitative estimate of drug-likeness (QED) is 0.756. The van der Waals surface area contributed by atoms with Crippen LogP contribution in [0.4, 0.5) is 0 Å². The fourth-order valence-electron chi connectivity index (χ4n) is 2.09. The van der Waals surface area contributed by atoms with E-state index in [9.17, 15) is 9.59 Å². The second-order valence-corrected chi connectivity index (χ2v) is 6.59. The summed E-state index contributed by atoms with van der Waals surface area (Å²) >= 11 is 0. The highest BCUT2D eigenvalue weighted by Gasteiger charge is 2.20. The Balaban J connectivity index is 2.71. The van der Waals surface area contributed by atoms with Gasteiger partial charge in [0.25, 0.3) is 5.91 Å². The molecule has 5 nitrogen and oxygen atoms in total. The first kappa shape index (κ1) is 19.0. The molecule has 1 amide bonds. The van der Waals surface area contributed by atoms with Crippen molar-refractivity contribution in [1.29, 1.82) is 0 Å². The maximum Gasteiger partial charge on any atom is 0.325 e. The van der Waals surface area contributed by atoms with Crippen LogP contribution in [-0.4, -0.2) is 43.6 Å². The van der Waals surface area contributed by atoms with E-state index in [1.165, 1.54) is 4.90 Å². The first-order chi connectivity index (χ1) is 10.6. The van der Waals surface area contributed by atoms with Crippen molar-refractivity contribution in [2.45, 2.75) is 40.0 Å². The Morgan fingerprint density at radius 2 is 1.87 bits per heavy atom. The molecule has 1 rings (SSSR count). The van der Waals surface area contributed by atoms with Crippen molar-refractivity contribution in [3.05, 3.63) is 29.3 Å². The van der Waals surface area contributed by atoms with Gasteiger partial charge in [0.05, 0.1) is 6.61 Å². The molecule has 0 aliphatic carbocycles. The second-order valence-electron chi connectivity index (χ2n) is 6.59. The van der Waals surface area contributed by atoms with Gasteiger partial charge in [0.2, 0.25) is 0 Å². The maximum absolute atomic E-state index is 12.1. The number of amides is 1. The molecule has 0 radical (unpaired) electrons. The van der Waals surface area contributed by atoms with Crippen molar-refractivity contribution in [2.75, 3.05) is 26.8 Å². The summed E-state index contributed by atoms with van der Waals surface area (Å²) in [6.45, 7) is 10.2. The first-order valence-electron chi connectivity index (χ1n) is 7.78. The van der Waals surface area contributed by atoms with Crippen molar-refractivity contribution >= 4 is 11.9 Å². The monoisotopic (exact) mass is 321 g/mol. The predicted octanol–water partition coefficient (Wildman–Crippen LogP) is 2.69. The molecule has 1 aromatic rings. The zero-order valence-electron chi connectivity index (χ0n) is 14.9. The summed E-state index contributed by atoms with van der Waals surface area (Å²) in [6.07, 6.45) is 0. The van der Waals surface area contributed by atoms with E-state index in [-0.39, 0.29) is 24.5 Å². The van der Waals surface area contributed by atoms with Gasteiger partial charge in [-0.1, -0.05) is 38.5 Å². The number of likely N-dealkylation sites (N-methyl/N-ethyl adjacent to an activating group) is 1. The molecular formula is C18H27NO4. The van der Waals surface area contributed by atoms with Crippen molar-refractivity contribution < 1.29 is 19.1 Å². The van der Waals surface area contributed by atoms with Gasteiger partial charge in [-0.25, -0.2) is 0 Å². The van der Waals surface area contributed by atoms with Crippen LogP contribution < -0.4 is 4.74 Å². The molecule has 0 N–H and O–H groups in total. The third kappa shape index (κ3) is 5.93. The lowest BCUT2D eigenvalue weighted by Gasteiger charge is -2.24. The van der Waals surface area contributed by atoms with Gasteiger partial charge in [-0.2, -0.15) is 0 Å². The van der Waals surface area contributed by atoms with Crippen LogP contribution in [0.2, 0.25) is 0 Å². The zero-order valence-corrected chi connectivity index (χ0v) is 14.9. The third-order valence-electron chi connectivity index (χ3n) is 3.39. The number of benzene rings is 1. The molecule has 128 valence electrons. The molecule has 0 aliphatic heterocycles. The third-order valence-corrected chi connectivity index (χ3v) is 3.39. The summed E-state index contributed by atoms with van der Waals surface area (Å²) in [6, 6.07) is 5.91. The average Bonchev–Trinajstić information content (AvgIpc) is 2.44. The molecule has 0 fully saturated rings. The Labute approximate surface area is 138 Å². The van der Waals surface area contributed by atoms with E-state index >= 15 is 0 Å². The molecule has 0 saturated heterocycles. The number of aryl methyl sites for hydroxylation is 1. The number of esters is 1. The van der Waals surface area contributed by atoms with Crippen LogP contribution >= 0.6 is 0 Å².